The zero-order valence-electron chi connectivity index (χ0n) is 41.3. The van der Waals surface area contributed by atoms with Gasteiger partial charge in [0.2, 0.25) is 0 Å². The fraction of sp³-hybridized carbons (Fsp3) is 0.727. The average Bonchev–Trinajstić information content (AvgIpc) is 3.24. The highest BCUT2D eigenvalue weighted by Gasteiger charge is 2.31. The second kappa shape index (κ2) is 45.3. The number of rotatable bonds is 45. The Balaban J connectivity index is 4.26. The van der Waals surface area contributed by atoms with Crippen LogP contribution in [-0.2, 0) is 28.6 Å². The van der Waals surface area contributed by atoms with Crippen molar-refractivity contribution >= 4 is 17.9 Å². The molecule has 0 aromatic heterocycles. The molecule has 63 heavy (non-hydrogen) atoms. The molecule has 0 fully saturated rings. The van der Waals surface area contributed by atoms with Crippen LogP contribution in [0.25, 0.3) is 0 Å². The van der Waals surface area contributed by atoms with Crippen molar-refractivity contribution in [3.05, 3.63) is 72.9 Å². The highest BCUT2D eigenvalue weighted by atomic mass is 16.6. The third kappa shape index (κ3) is 43.8. The summed E-state index contributed by atoms with van der Waals surface area (Å²) in [6.07, 6.45) is 58.0. The summed E-state index contributed by atoms with van der Waals surface area (Å²) in [5.41, 5.74) is 0. The van der Waals surface area contributed by atoms with Gasteiger partial charge in [0, 0.05) is 19.3 Å². The standard InChI is InChI=1S/C55H95NO7/c1-6-8-10-12-14-16-18-20-22-24-26-28-29-31-33-35-37-39-41-43-45-53(57)62-50-51(49-61-48-47-52(55(59)60)56(3,4)5)63-54(58)46-44-42-40-38-36-34-32-30-27-25-23-21-19-17-15-13-11-9-7-2/h8-11,14-17,20-23,51-52H,6-7,12-13,18-19,24-50H2,1-5H3/p+1/b10-8+,11-9+,16-14+,17-15+,22-20+,23-21+. The van der Waals surface area contributed by atoms with Gasteiger partial charge in [-0.1, -0.05) is 183 Å². The first-order chi connectivity index (χ1) is 30.6. The fourth-order valence-electron chi connectivity index (χ4n) is 7.24. The summed E-state index contributed by atoms with van der Waals surface area (Å²) in [6, 6.07) is -0.619. The normalized spacial score (nSPS) is 13.5. The molecule has 0 amide bonds. The van der Waals surface area contributed by atoms with Gasteiger partial charge in [-0.25, -0.2) is 4.79 Å². The Morgan fingerprint density at radius 3 is 1.24 bits per heavy atom. The summed E-state index contributed by atoms with van der Waals surface area (Å²) in [7, 11) is 5.53. The van der Waals surface area contributed by atoms with E-state index in [9.17, 15) is 19.5 Å². The Hall–Kier alpha value is -3.23. The number of hydrogen-bond donors (Lipinski definition) is 1. The highest BCUT2D eigenvalue weighted by Crippen LogP contribution is 2.15. The van der Waals surface area contributed by atoms with Crippen LogP contribution in [0.5, 0.6) is 0 Å². The predicted octanol–water partition coefficient (Wildman–Crippen LogP) is 14.7. The van der Waals surface area contributed by atoms with Crippen molar-refractivity contribution in [3.63, 3.8) is 0 Å². The third-order valence-corrected chi connectivity index (χ3v) is 11.1. The van der Waals surface area contributed by atoms with Gasteiger partial charge in [-0.2, -0.15) is 0 Å². The molecule has 0 rings (SSSR count). The Morgan fingerprint density at radius 1 is 0.476 bits per heavy atom. The van der Waals surface area contributed by atoms with Crippen LogP contribution < -0.4 is 0 Å². The van der Waals surface area contributed by atoms with E-state index in [1.165, 1.54) is 89.9 Å². The lowest BCUT2D eigenvalue weighted by molar-refractivity contribution is -0.887. The number of carbonyl (C=O) groups excluding carboxylic acids is 2. The van der Waals surface area contributed by atoms with E-state index in [2.05, 4.69) is 86.8 Å². The van der Waals surface area contributed by atoms with Crippen molar-refractivity contribution in [3.8, 4) is 0 Å². The molecule has 0 radical (unpaired) electrons. The van der Waals surface area contributed by atoms with Crippen LogP contribution in [0.1, 0.15) is 206 Å². The summed E-state index contributed by atoms with van der Waals surface area (Å²) in [6.45, 7) is 4.52. The van der Waals surface area contributed by atoms with E-state index in [-0.39, 0.29) is 36.2 Å². The van der Waals surface area contributed by atoms with E-state index >= 15 is 0 Å². The minimum absolute atomic E-state index is 0.0554. The summed E-state index contributed by atoms with van der Waals surface area (Å²) in [4.78, 5) is 37.2. The molecule has 0 saturated heterocycles. The lowest BCUT2D eigenvalue weighted by Crippen LogP contribution is -2.50. The number of allylic oxidation sites excluding steroid dienone is 12. The predicted molar refractivity (Wildman–Crippen MR) is 266 cm³/mol. The van der Waals surface area contributed by atoms with Crippen LogP contribution in [0, 0.1) is 0 Å². The van der Waals surface area contributed by atoms with E-state index in [4.69, 9.17) is 14.2 Å². The third-order valence-electron chi connectivity index (χ3n) is 11.1. The van der Waals surface area contributed by atoms with Gasteiger partial charge < -0.3 is 23.8 Å². The van der Waals surface area contributed by atoms with Gasteiger partial charge in [0.05, 0.1) is 34.4 Å². The molecular weight excluding hydrogens is 787 g/mol. The van der Waals surface area contributed by atoms with Gasteiger partial charge in [-0.3, -0.25) is 9.59 Å². The zero-order chi connectivity index (χ0) is 46.3. The van der Waals surface area contributed by atoms with E-state index in [0.717, 1.165) is 83.5 Å². The highest BCUT2D eigenvalue weighted by molar-refractivity contribution is 5.72. The Morgan fingerprint density at radius 2 is 0.841 bits per heavy atom. The molecule has 0 aliphatic carbocycles. The van der Waals surface area contributed by atoms with Crippen molar-refractivity contribution in [2.45, 2.75) is 219 Å². The maximum Gasteiger partial charge on any atom is 0.362 e. The molecule has 0 aromatic rings. The van der Waals surface area contributed by atoms with Gasteiger partial charge in [0.15, 0.2) is 12.1 Å². The molecule has 8 heteroatoms. The van der Waals surface area contributed by atoms with Crippen molar-refractivity contribution in [1.29, 1.82) is 0 Å². The molecule has 2 atom stereocenters. The minimum atomic E-state index is -0.877. The number of ether oxygens (including phenoxy) is 3. The number of unbranched alkanes of at least 4 members (excludes halogenated alkanes) is 19. The van der Waals surface area contributed by atoms with Crippen LogP contribution in [-0.4, -0.2) is 80.6 Å². The number of esters is 2. The topological polar surface area (TPSA) is 99.1 Å². The second-order valence-electron chi connectivity index (χ2n) is 18.0. The molecule has 0 aromatic carbocycles. The average molecular weight is 883 g/mol. The van der Waals surface area contributed by atoms with E-state index in [1.807, 2.05) is 21.1 Å². The van der Waals surface area contributed by atoms with E-state index in [1.54, 1.807) is 0 Å². The molecule has 2 unspecified atom stereocenters. The SMILES string of the molecule is CC/C=C/C/C=C/C/C=C/CCCCCCCCCCCCC(=O)OCC(COCCC(C(=O)O)[N+](C)(C)C)OC(=O)CCCCCCCCCCC/C=C/C/C=C/C/C=C/CC. The van der Waals surface area contributed by atoms with E-state index < -0.39 is 18.1 Å². The van der Waals surface area contributed by atoms with Gasteiger partial charge in [-0.15, -0.1) is 0 Å². The quantitative estimate of drug-likeness (QED) is 0.0281. The lowest BCUT2D eigenvalue weighted by Gasteiger charge is -2.31. The lowest BCUT2D eigenvalue weighted by atomic mass is 10.1. The smallest absolute Gasteiger partial charge is 0.362 e. The minimum Gasteiger partial charge on any atom is -0.477 e. The van der Waals surface area contributed by atoms with Crippen molar-refractivity contribution < 1.29 is 38.2 Å². The number of hydrogen-bond acceptors (Lipinski definition) is 6. The van der Waals surface area contributed by atoms with Crippen molar-refractivity contribution in [1.82, 2.24) is 0 Å². The van der Waals surface area contributed by atoms with Crippen LogP contribution in [0.15, 0.2) is 72.9 Å². The summed E-state index contributed by atoms with van der Waals surface area (Å²) in [5.74, 6) is -1.48. The molecular formula is C55H96NO7+. The Labute approximate surface area is 387 Å². The zero-order valence-corrected chi connectivity index (χ0v) is 41.3. The van der Waals surface area contributed by atoms with Gasteiger partial charge in [-0.05, 0) is 77.0 Å². The molecule has 8 nitrogen and oxygen atoms in total. The van der Waals surface area contributed by atoms with Crippen LogP contribution in [0.4, 0.5) is 0 Å². The number of aliphatic carboxylic acids is 1. The molecule has 0 saturated carbocycles. The number of carbonyl (C=O) groups is 3. The first-order valence-electron chi connectivity index (χ1n) is 25.5. The summed E-state index contributed by atoms with van der Waals surface area (Å²) in [5, 5.41) is 9.66. The number of carboxylic acids is 1. The molecule has 0 bridgehead atoms. The fourth-order valence-corrected chi connectivity index (χ4v) is 7.24. The number of carboxylic acid groups (broad SMARTS) is 1. The number of nitrogens with zero attached hydrogens (tertiary/aromatic N) is 1. The van der Waals surface area contributed by atoms with Crippen LogP contribution >= 0.6 is 0 Å². The molecule has 0 spiro atoms. The summed E-state index contributed by atoms with van der Waals surface area (Å²) < 4.78 is 17.4. The monoisotopic (exact) mass is 883 g/mol. The Bertz CT molecular complexity index is 1260. The Kier molecular flexibility index (Phi) is 43.0. The van der Waals surface area contributed by atoms with Gasteiger partial charge >= 0.3 is 17.9 Å². The molecule has 0 aliphatic rings. The molecule has 0 heterocycles. The number of quaternary nitrogens is 1. The largest absolute Gasteiger partial charge is 0.477 e. The molecule has 1 N–H and O–H groups in total. The first kappa shape index (κ1) is 59.8. The van der Waals surface area contributed by atoms with Crippen LogP contribution in [0.2, 0.25) is 0 Å². The molecule has 362 valence electrons. The number of likely N-dealkylation sites (N-methyl/N-ethyl adjacent to an activating group) is 1. The van der Waals surface area contributed by atoms with Crippen molar-refractivity contribution in [2.75, 3.05) is 41.0 Å². The first-order valence-corrected chi connectivity index (χ1v) is 25.5. The van der Waals surface area contributed by atoms with Gasteiger partial charge in [0.25, 0.3) is 0 Å². The molecule has 0 aliphatic heterocycles. The second-order valence-corrected chi connectivity index (χ2v) is 18.0. The van der Waals surface area contributed by atoms with Gasteiger partial charge in [0.1, 0.15) is 6.61 Å². The maximum atomic E-state index is 12.8. The van der Waals surface area contributed by atoms with Crippen LogP contribution in [0.3, 0.4) is 0 Å². The summed E-state index contributed by atoms with van der Waals surface area (Å²) >= 11 is 0. The van der Waals surface area contributed by atoms with Crippen molar-refractivity contribution in [2.24, 2.45) is 0 Å². The maximum absolute atomic E-state index is 12.8. The van der Waals surface area contributed by atoms with E-state index in [0.29, 0.717) is 19.3 Å².